The fraction of sp³-hybridized carbons (Fsp3) is 0.167. The molecule has 5 heteroatoms. The Labute approximate surface area is 176 Å². The molecule has 5 aromatic rings. The Kier molecular flexibility index (Phi) is 3.61. The van der Waals surface area contributed by atoms with E-state index in [1.165, 1.54) is 18.4 Å². The lowest BCUT2D eigenvalue weighted by molar-refractivity contribution is 0.479. The monoisotopic (exact) mass is 414 g/mol. The molecule has 0 amide bonds. The van der Waals surface area contributed by atoms with Gasteiger partial charge in [0.05, 0.1) is 31.6 Å². The fourth-order valence-corrected chi connectivity index (χ4v) is 5.73. The lowest BCUT2D eigenvalue weighted by atomic mass is 9.93. The molecule has 6 rings (SSSR count). The zero-order valence-corrected chi connectivity index (χ0v) is 17.5. The van der Waals surface area contributed by atoms with Crippen molar-refractivity contribution in [3.63, 3.8) is 0 Å². The number of hydrogen-bond donors (Lipinski definition) is 1. The second-order valence-electron chi connectivity index (χ2n) is 7.95. The summed E-state index contributed by atoms with van der Waals surface area (Å²) in [5.41, 5.74) is 5.01. The largest absolute Gasteiger partial charge is 0.506 e. The zero-order valence-electron chi connectivity index (χ0n) is 15.8. The van der Waals surface area contributed by atoms with E-state index in [1.54, 1.807) is 22.7 Å². The first-order chi connectivity index (χ1) is 14.1. The second kappa shape index (κ2) is 6.12. The number of benzene rings is 3. The molecule has 0 aliphatic heterocycles. The summed E-state index contributed by atoms with van der Waals surface area (Å²) >= 11 is 3.25. The van der Waals surface area contributed by atoms with Gasteiger partial charge in [-0.15, -0.1) is 22.7 Å². The maximum atomic E-state index is 11.3. The van der Waals surface area contributed by atoms with Crippen molar-refractivity contribution in [3.05, 3.63) is 66.2 Å². The predicted octanol–water partition coefficient (Wildman–Crippen LogP) is 7.00. The highest BCUT2D eigenvalue weighted by molar-refractivity contribution is 7.22. The quantitative estimate of drug-likeness (QED) is 0.346. The van der Waals surface area contributed by atoms with E-state index in [-0.39, 0.29) is 11.2 Å². The van der Waals surface area contributed by atoms with Gasteiger partial charge in [0.1, 0.15) is 15.8 Å². The van der Waals surface area contributed by atoms with Crippen molar-refractivity contribution in [2.75, 3.05) is 0 Å². The minimum atomic E-state index is 0.185. The summed E-state index contributed by atoms with van der Waals surface area (Å²) < 4.78 is 2.26. The van der Waals surface area contributed by atoms with Crippen LogP contribution in [-0.4, -0.2) is 15.1 Å². The first-order valence-electron chi connectivity index (χ1n) is 9.70. The third kappa shape index (κ3) is 2.76. The molecule has 1 aliphatic carbocycles. The van der Waals surface area contributed by atoms with Crippen molar-refractivity contribution < 1.29 is 5.11 Å². The molecule has 29 heavy (non-hydrogen) atoms. The first-order valence-corrected chi connectivity index (χ1v) is 11.3. The van der Waals surface area contributed by atoms with E-state index in [0.717, 1.165) is 41.6 Å². The highest BCUT2D eigenvalue weighted by Crippen LogP contribution is 2.52. The van der Waals surface area contributed by atoms with Gasteiger partial charge in [-0.2, -0.15) is 0 Å². The van der Waals surface area contributed by atoms with Gasteiger partial charge in [-0.25, -0.2) is 9.97 Å². The van der Waals surface area contributed by atoms with Crippen LogP contribution in [0.3, 0.4) is 0 Å². The maximum Gasteiger partial charge on any atom is 0.136 e. The summed E-state index contributed by atoms with van der Waals surface area (Å²) in [4.78, 5) is 9.61. The molecule has 2 heterocycles. The van der Waals surface area contributed by atoms with E-state index in [2.05, 4.69) is 31.2 Å². The molecule has 1 N–H and O–H groups in total. The van der Waals surface area contributed by atoms with Gasteiger partial charge in [0.25, 0.3) is 0 Å². The Balaban J connectivity index is 1.60. The summed E-state index contributed by atoms with van der Waals surface area (Å²) in [5, 5.41) is 13.0. The first kappa shape index (κ1) is 17.1. The topological polar surface area (TPSA) is 46.0 Å². The van der Waals surface area contributed by atoms with E-state index in [0.29, 0.717) is 0 Å². The smallest absolute Gasteiger partial charge is 0.136 e. The lowest BCUT2D eigenvalue weighted by Gasteiger charge is -2.14. The molecule has 142 valence electrons. The lowest BCUT2D eigenvalue weighted by Crippen LogP contribution is -2.01. The normalized spacial score (nSPS) is 15.2. The van der Waals surface area contributed by atoms with E-state index in [4.69, 9.17) is 9.97 Å². The van der Waals surface area contributed by atoms with Crippen LogP contribution in [0.1, 0.15) is 25.3 Å². The van der Waals surface area contributed by atoms with Crippen LogP contribution in [0.25, 0.3) is 41.6 Å². The Bertz CT molecular complexity index is 1230. The highest BCUT2D eigenvalue weighted by Gasteiger charge is 2.40. The van der Waals surface area contributed by atoms with Gasteiger partial charge < -0.3 is 5.11 Å². The van der Waals surface area contributed by atoms with Crippen LogP contribution in [0.5, 0.6) is 5.75 Å². The van der Waals surface area contributed by atoms with Crippen LogP contribution < -0.4 is 0 Å². The summed E-state index contributed by atoms with van der Waals surface area (Å²) in [6, 6.07) is 20.5. The number of hydrogen-bond acceptors (Lipinski definition) is 5. The Morgan fingerprint density at radius 3 is 1.72 bits per heavy atom. The maximum absolute atomic E-state index is 11.3. The highest BCUT2D eigenvalue weighted by atomic mass is 32.1. The van der Waals surface area contributed by atoms with Crippen molar-refractivity contribution in [1.29, 1.82) is 0 Å². The molecular weight excluding hydrogens is 396 g/mol. The van der Waals surface area contributed by atoms with Gasteiger partial charge in [-0.05, 0) is 60.2 Å². The van der Waals surface area contributed by atoms with Gasteiger partial charge >= 0.3 is 0 Å². The molecule has 0 bridgehead atoms. The summed E-state index contributed by atoms with van der Waals surface area (Å²) in [5.74, 6) is 0.274. The molecule has 3 nitrogen and oxygen atoms in total. The van der Waals surface area contributed by atoms with Gasteiger partial charge in [0.2, 0.25) is 0 Å². The molecule has 0 radical (unpaired) electrons. The van der Waals surface area contributed by atoms with Crippen molar-refractivity contribution >= 4 is 43.1 Å². The molecular formula is C24H18N2OS2. The number of aromatic nitrogens is 2. The number of nitrogens with zero attached hydrogens (tertiary/aromatic N) is 2. The summed E-state index contributed by atoms with van der Waals surface area (Å²) in [7, 11) is 0. The summed E-state index contributed by atoms with van der Waals surface area (Å²) in [6.07, 6.45) is 2.35. The SMILES string of the molecule is CC1(c2cc(-c3nc4ccccc4s3)c(O)c(-c3nc4ccccc4s3)c2)CC1. The number of aromatic hydroxyl groups is 1. The van der Waals surface area contributed by atoms with Crippen LogP contribution in [0.15, 0.2) is 60.7 Å². The standard InChI is InChI=1S/C24H18N2OS2/c1-24(10-11-24)14-12-15(22-25-17-6-2-4-8-19(17)28-22)21(27)16(13-14)23-26-18-7-3-5-9-20(18)29-23/h2-9,12-13,27H,10-11H2,1H3. The van der Waals surface area contributed by atoms with Crippen molar-refractivity contribution in [3.8, 4) is 26.9 Å². The summed E-state index contributed by atoms with van der Waals surface area (Å²) in [6.45, 7) is 2.30. The minimum absolute atomic E-state index is 0.185. The minimum Gasteiger partial charge on any atom is -0.506 e. The number of phenols is 1. The van der Waals surface area contributed by atoms with Gasteiger partial charge in [0.15, 0.2) is 0 Å². The average Bonchev–Trinajstić information content (AvgIpc) is 3.17. The molecule has 1 aliphatic rings. The van der Waals surface area contributed by atoms with E-state index < -0.39 is 0 Å². The van der Waals surface area contributed by atoms with Gasteiger partial charge in [-0.3, -0.25) is 0 Å². The number of para-hydroxylation sites is 2. The van der Waals surface area contributed by atoms with E-state index in [1.807, 2.05) is 36.4 Å². The molecule has 1 fully saturated rings. The fourth-order valence-electron chi connectivity index (χ4n) is 3.76. The number of phenolic OH excluding ortho intramolecular Hbond substituents is 1. The number of rotatable bonds is 3. The molecule has 0 spiro atoms. The van der Waals surface area contributed by atoms with Crippen LogP contribution in [0, 0.1) is 0 Å². The van der Waals surface area contributed by atoms with Crippen molar-refractivity contribution in [2.45, 2.75) is 25.2 Å². The predicted molar refractivity (Wildman–Crippen MR) is 122 cm³/mol. The number of thiazole rings is 2. The Morgan fingerprint density at radius 2 is 1.28 bits per heavy atom. The number of fused-ring (bicyclic) bond motifs is 2. The van der Waals surface area contributed by atoms with Crippen molar-refractivity contribution in [2.24, 2.45) is 0 Å². The van der Waals surface area contributed by atoms with Gasteiger partial charge in [0, 0.05) is 0 Å². The van der Waals surface area contributed by atoms with Crippen LogP contribution >= 0.6 is 22.7 Å². The van der Waals surface area contributed by atoms with Crippen LogP contribution in [0.4, 0.5) is 0 Å². The van der Waals surface area contributed by atoms with E-state index >= 15 is 0 Å². The second-order valence-corrected chi connectivity index (χ2v) is 10.0. The molecule has 0 saturated heterocycles. The van der Waals surface area contributed by atoms with Crippen LogP contribution in [-0.2, 0) is 5.41 Å². The molecule has 2 aromatic heterocycles. The third-order valence-corrected chi connectivity index (χ3v) is 7.99. The average molecular weight is 415 g/mol. The zero-order chi connectivity index (χ0) is 19.6. The van der Waals surface area contributed by atoms with Crippen LogP contribution in [0.2, 0.25) is 0 Å². The molecule has 3 aromatic carbocycles. The molecule has 1 saturated carbocycles. The van der Waals surface area contributed by atoms with Gasteiger partial charge in [-0.1, -0.05) is 31.2 Å². The Morgan fingerprint density at radius 1 is 0.793 bits per heavy atom. The third-order valence-electron chi connectivity index (χ3n) is 5.86. The Hall–Kier alpha value is -2.76. The van der Waals surface area contributed by atoms with Crippen molar-refractivity contribution in [1.82, 2.24) is 9.97 Å². The molecule has 0 atom stereocenters. The van der Waals surface area contributed by atoms with E-state index in [9.17, 15) is 5.11 Å². The molecule has 0 unspecified atom stereocenters.